The molecule has 1 aliphatic heterocycles. The van der Waals surface area contributed by atoms with Crippen molar-refractivity contribution in [1.82, 2.24) is 4.90 Å². The largest absolute Gasteiger partial charge is 0.300 e. The van der Waals surface area contributed by atoms with Crippen LogP contribution in [0.3, 0.4) is 0 Å². The van der Waals surface area contributed by atoms with Crippen LogP contribution in [0.1, 0.15) is 26.7 Å². The van der Waals surface area contributed by atoms with Crippen LogP contribution in [0.15, 0.2) is 12.7 Å². The Labute approximate surface area is 89.9 Å². The summed E-state index contributed by atoms with van der Waals surface area (Å²) in [5, 5.41) is 5.53. The lowest BCUT2D eigenvalue weighted by atomic mass is 10.1. The summed E-state index contributed by atoms with van der Waals surface area (Å²) in [7, 11) is -1.12. The van der Waals surface area contributed by atoms with E-state index < -0.39 is 11.0 Å². The van der Waals surface area contributed by atoms with Gasteiger partial charge in [-0.2, -0.15) is 0 Å². The third-order valence-electron chi connectivity index (χ3n) is 2.25. The molecule has 1 aliphatic rings. The highest BCUT2D eigenvalue weighted by Crippen LogP contribution is 2.13. The molecule has 0 aromatic heterocycles. The average molecular weight is 218 g/mol. The third-order valence-corrected chi connectivity index (χ3v) is 3.38. The van der Waals surface area contributed by atoms with Crippen molar-refractivity contribution < 1.29 is 4.21 Å². The summed E-state index contributed by atoms with van der Waals surface area (Å²) in [6.07, 6.45) is 3.81. The molecule has 1 unspecified atom stereocenters. The minimum Gasteiger partial charge on any atom is -0.300 e. The van der Waals surface area contributed by atoms with E-state index in [0.717, 1.165) is 32.5 Å². The van der Waals surface area contributed by atoms with Gasteiger partial charge in [0.1, 0.15) is 0 Å². The summed E-state index contributed by atoms with van der Waals surface area (Å²) in [6, 6.07) is 0. The standard InChI is InChI=1S/C8H16N2OS.C2H6/c1-2-5-10-6-3-8(4-7-10)12(9)11;1-2/h2,8H,1,3-7,9H2;1-2H3. The molecule has 0 bridgehead atoms. The maximum Gasteiger partial charge on any atom is 0.0920 e. The number of nitrogens with zero attached hydrogens (tertiary/aromatic N) is 1. The number of hydrogen-bond donors (Lipinski definition) is 1. The molecule has 14 heavy (non-hydrogen) atoms. The molecule has 0 aromatic carbocycles. The molecule has 84 valence electrons. The fraction of sp³-hybridized carbons (Fsp3) is 0.800. The smallest absolute Gasteiger partial charge is 0.0920 e. The zero-order valence-corrected chi connectivity index (χ0v) is 10.1. The molecular formula is C10H22N2OS. The SMILES string of the molecule is C=CCN1CCC(S(N)=O)CC1.CC. The van der Waals surface area contributed by atoms with Crippen LogP contribution < -0.4 is 5.14 Å². The van der Waals surface area contributed by atoms with Crippen LogP contribution in [0.25, 0.3) is 0 Å². The summed E-state index contributed by atoms with van der Waals surface area (Å²) in [5.74, 6) is 0. The van der Waals surface area contributed by atoms with Crippen molar-refractivity contribution >= 4 is 11.0 Å². The first-order chi connectivity index (χ1) is 6.74. The molecule has 0 saturated carbocycles. The van der Waals surface area contributed by atoms with Gasteiger partial charge in [0.05, 0.1) is 16.2 Å². The van der Waals surface area contributed by atoms with Gasteiger partial charge in [-0.05, 0) is 25.9 Å². The lowest BCUT2D eigenvalue weighted by molar-refractivity contribution is 0.254. The Morgan fingerprint density at radius 3 is 2.36 bits per heavy atom. The average Bonchev–Trinajstić information content (AvgIpc) is 2.22. The van der Waals surface area contributed by atoms with Crippen LogP contribution in [0.4, 0.5) is 0 Å². The number of nitrogens with two attached hydrogens (primary N) is 1. The summed E-state index contributed by atoms with van der Waals surface area (Å²) in [4.78, 5) is 2.30. The Morgan fingerprint density at radius 2 is 2.00 bits per heavy atom. The summed E-state index contributed by atoms with van der Waals surface area (Å²) in [5.41, 5.74) is 0. The van der Waals surface area contributed by atoms with Crippen LogP contribution in [0.5, 0.6) is 0 Å². The van der Waals surface area contributed by atoms with Crippen molar-refractivity contribution in [2.75, 3.05) is 19.6 Å². The van der Waals surface area contributed by atoms with Crippen LogP contribution in [-0.4, -0.2) is 34.0 Å². The Morgan fingerprint density at radius 1 is 1.50 bits per heavy atom. The van der Waals surface area contributed by atoms with Gasteiger partial charge in [-0.15, -0.1) is 6.58 Å². The first kappa shape index (κ1) is 13.8. The fourth-order valence-electron chi connectivity index (χ4n) is 1.51. The van der Waals surface area contributed by atoms with Crippen molar-refractivity contribution in [3.63, 3.8) is 0 Å². The van der Waals surface area contributed by atoms with Gasteiger partial charge in [0, 0.05) is 6.54 Å². The summed E-state index contributed by atoms with van der Waals surface area (Å²) >= 11 is 0. The number of hydrogen-bond acceptors (Lipinski definition) is 2. The summed E-state index contributed by atoms with van der Waals surface area (Å²) in [6.45, 7) is 10.6. The Balaban J connectivity index is 0.000000791. The first-order valence-corrected chi connectivity index (χ1v) is 6.50. The van der Waals surface area contributed by atoms with Gasteiger partial charge in [0.2, 0.25) is 0 Å². The second-order valence-electron chi connectivity index (χ2n) is 3.12. The molecule has 0 spiro atoms. The van der Waals surface area contributed by atoms with E-state index in [1.54, 1.807) is 0 Å². The Hall–Kier alpha value is -0.190. The maximum atomic E-state index is 10.9. The molecule has 1 rings (SSSR count). The Bertz CT molecular complexity index is 177. The van der Waals surface area contributed by atoms with Crippen LogP contribution in [0, 0.1) is 0 Å². The second-order valence-corrected chi connectivity index (χ2v) is 4.44. The molecule has 0 aliphatic carbocycles. The van der Waals surface area contributed by atoms with E-state index in [0.29, 0.717) is 0 Å². The zero-order valence-electron chi connectivity index (χ0n) is 9.24. The van der Waals surface area contributed by atoms with Gasteiger partial charge in [0.15, 0.2) is 0 Å². The van der Waals surface area contributed by atoms with Crippen LogP contribution in [-0.2, 0) is 11.0 Å². The lowest BCUT2D eigenvalue weighted by Gasteiger charge is -2.29. The van der Waals surface area contributed by atoms with Gasteiger partial charge in [-0.25, -0.2) is 4.21 Å². The first-order valence-electron chi connectivity index (χ1n) is 5.22. The van der Waals surface area contributed by atoms with E-state index in [1.807, 2.05) is 19.9 Å². The van der Waals surface area contributed by atoms with Gasteiger partial charge in [-0.1, -0.05) is 19.9 Å². The lowest BCUT2D eigenvalue weighted by Crippen LogP contribution is -2.39. The van der Waals surface area contributed by atoms with Gasteiger partial charge in [-0.3, -0.25) is 10.0 Å². The maximum absolute atomic E-state index is 10.9. The number of rotatable bonds is 3. The normalized spacial score (nSPS) is 20.8. The van der Waals surface area contributed by atoms with Crippen molar-refractivity contribution in [3.8, 4) is 0 Å². The topological polar surface area (TPSA) is 46.3 Å². The molecule has 0 aromatic rings. The highest BCUT2D eigenvalue weighted by Gasteiger charge is 2.20. The van der Waals surface area contributed by atoms with E-state index >= 15 is 0 Å². The molecule has 1 heterocycles. The minimum absolute atomic E-state index is 0.214. The molecule has 3 nitrogen and oxygen atoms in total. The molecule has 4 heteroatoms. The predicted molar refractivity (Wildman–Crippen MR) is 63.3 cm³/mol. The van der Waals surface area contributed by atoms with Gasteiger partial charge < -0.3 is 0 Å². The van der Waals surface area contributed by atoms with Crippen molar-refractivity contribution in [2.45, 2.75) is 31.9 Å². The Kier molecular flexibility index (Phi) is 8.04. The van der Waals surface area contributed by atoms with Crippen molar-refractivity contribution in [3.05, 3.63) is 12.7 Å². The van der Waals surface area contributed by atoms with Gasteiger partial charge in [0.25, 0.3) is 0 Å². The van der Waals surface area contributed by atoms with Gasteiger partial charge >= 0.3 is 0 Å². The van der Waals surface area contributed by atoms with Crippen LogP contribution in [0.2, 0.25) is 0 Å². The second kappa shape index (κ2) is 8.15. The van der Waals surface area contributed by atoms with E-state index in [1.165, 1.54) is 0 Å². The zero-order chi connectivity index (χ0) is 11.0. The minimum atomic E-state index is -1.12. The number of likely N-dealkylation sites (tertiary alicyclic amines) is 1. The van der Waals surface area contributed by atoms with E-state index in [-0.39, 0.29) is 5.25 Å². The molecule has 1 atom stereocenters. The third kappa shape index (κ3) is 4.88. The van der Waals surface area contributed by atoms with Crippen molar-refractivity contribution in [1.29, 1.82) is 0 Å². The fourth-order valence-corrected chi connectivity index (χ4v) is 2.18. The molecule has 1 saturated heterocycles. The molecule has 0 amide bonds. The molecular weight excluding hydrogens is 196 g/mol. The number of piperidine rings is 1. The highest BCUT2D eigenvalue weighted by atomic mass is 32.2. The van der Waals surface area contributed by atoms with E-state index in [2.05, 4.69) is 11.5 Å². The highest BCUT2D eigenvalue weighted by molar-refractivity contribution is 7.83. The quantitative estimate of drug-likeness (QED) is 0.726. The monoisotopic (exact) mass is 218 g/mol. The van der Waals surface area contributed by atoms with E-state index in [9.17, 15) is 4.21 Å². The molecule has 0 radical (unpaired) electrons. The van der Waals surface area contributed by atoms with E-state index in [4.69, 9.17) is 5.14 Å². The van der Waals surface area contributed by atoms with Crippen LogP contribution >= 0.6 is 0 Å². The molecule has 1 fully saturated rings. The van der Waals surface area contributed by atoms with Crippen molar-refractivity contribution in [2.24, 2.45) is 5.14 Å². The summed E-state index contributed by atoms with van der Waals surface area (Å²) < 4.78 is 10.9. The molecule has 2 N–H and O–H groups in total. The predicted octanol–water partition coefficient (Wildman–Crippen LogP) is 1.29.